The van der Waals surface area contributed by atoms with E-state index in [0.717, 1.165) is 12.0 Å². The highest BCUT2D eigenvalue weighted by atomic mass is 16.6. The third-order valence-corrected chi connectivity index (χ3v) is 3.72. The Labute approximate surface area is 132 Å². The summed E-state index contributed by atoms with van der Waals surface area (Å²) < 4.78 is 11.2. The Balaban J connectivity index is 2.00. The molecule has 4 heteroatoms. The number of hydrogen-bond donors (Lipinski definition) is 0. The van der Waals surface area contributed by atoms with Crippen LogP contribution < -0.4 is 0 Å². The van der Waals surface area contributed by atoms with Crippen molar-refractivity contribution in [2.24, 2.45) is 0 Å². The lowest BCUT2D eigenvalue weighted by Gasteiger charge is -2.28. The van der Waals surface area contributed by atoms with Gasteiger partial charge in [0.05, 0.1) is 18.8 Å². The average Bonchev–Trinajstić information content (AvgIpc) is 2.91. The van der Waals surface area contributed by atoms with Crippen molar-refractivity contribution in [3.8, 4) is 0 Å². The highest BCUT2D eigenvalue weighted by molar-refractivity contribution is 5.70. The van der Waals surface area contributed by atoms with Gasteiger partial charge in [-0.05, 0) is 18.4 Å². The molecule has 1 fully saturated rings. The first-order chi connectivity index (χ1) is 10.8. The molecule has 2 rings (SSSR count). The van der Waals surface area contributed by atoms with E-state index < -0.39 is 0 Å². The van der Waals surface area contributed by atoms with E-state index in [1.165, 1.54) is 0 Å². The molecule has 1 aliphatic rings. The van der Waals surface area contributed by atoms with Gasteiger partial charge in [0.1, 0.15) is 6.61 Å². The maximum Gasteiger partial charge on any atom is 0.410 e. The first-order valence-electron chi connectivity index (χ1n) is 7.57. The fraction of sp³-hybridized carbons (Fsp3) is 0.389. The van der Waals surface area contributed by atoms with E-state index in [1.54, 1.807) is 11.0 Å². The molecule has 1 unspecified atom stereocenters. The van der Waals surface area contributed by atoms with Crippen molar-refractivity contribution in [2.75, 3.05) is 13.2 Å². The summed E-state index contributed by atoms with van der Waals surface area (Å²) in [6.45, 7) is 8.98. The van der Waals surface area contributed by atoms with E-state index in [4.69, 9.17) is 9.47 Å². The minimum Gasteiger partial charge on any atom is -0.447 e. The number of amides is 1. The molecular weight excluding hydrogens is 278 g/mol. The second-order valence-electron chi connectivity index (χ2n) is 5.27. The molecule has 0 saturated carbocycles. The van der Waals surface area contributed by atoms with Crippen LogP contribution in [0.5, 0.6) is 0 Å². The monoisotopic (exact) mass is 301 g/mol. The molecule has 1 aliphatic heterocycles. The van der Waals surface area contributed by atoms with Crippen LogP contribution in [0.2, 0.25) is 0 Å². The number of benzene rings is 1. The van der Waals surface area contributed by atoms with Gasteiger partial charge in [0.2, 0.25) is 0 Å². The zero-order valence-electron chi connectivity index (χ0n) is 12.8. The molecule has 1 saturated heterocycles. The second kappa shape index (κ2) is 8.39. The van der Waals surface area contributed by atoms with Crippen LogP contribution >= 0.6 is 0 Å². The van der Waals surface area contributed by atoms with Crippen molar-refractivity contribution < 1.29 is 14.3 Å². The SMILES string of the molecule is C=CCCN1C(=O)OC[C@H]1C(CC=C)OCc1ccccc1. The summed E-state index contributed by atoms with van der Waals surface area (Å²) in [4.78, 5) is 13.6. The van der Waals surface area contributed by atoms with E-state index in [-0.39, 0.29) is 18.2 Å². The fourth-order valence-corrected chi connectivity index (χ4v) is 2.54. The molecule has 118 valence electrons. The molecule has 1 aromatic carbocycles. The number of cyclic esters (lactones) is 1. The van der Waals surface area contributed by atoms with Crippen LogP contribution in [-0.2, 0) is 16.1 Å². The largest absolute Gasteiger partial charge is 0.447 e. The molecule has 0 radical (unpaired) electrons. The third kappa shape index (κ3) is 4.21. The van der Waals surface area contributed by atoms with Crippen LogP contribution in [0.25, 0.3) is 0 Å². The predicted octanol–water partition coefficient (Wildman–Crippen LogP) is 3.54. The van der Waals surface area contributed by atoms with Crippen LogP contribution in [0.15, 0.2) is 55.6 Å². The van der Waals surface area contributed by atoms with Crippen molar-refractivity contribution in [3.05, 3.63) is 61.2 Å². The van der Waals surface area contributed by atoms with Crippen molar-refractivity contribution in [3.63, 3.8) is 0 Å². The third-order valence-electron chi connectivity index (χ3n) is 3.72. The highest BCUT2D eigenvalue weighted by Crippen LogP contribution is 2.21. The molecule has 4 nitrogen and oxygen atoms in total. The van der Waals surface area contributed by atoms with Crippen LogP contribution in [0, 0.1) is 0 Å². The summed E-state index contributed by atoms with van der Waals surface area (Å²) in [5.74, 6) is 0. The summed E-state index contributed by atoms with van der Waals surface area (Å²) in [7, 11) is 0. The summed E-state index contributed by atoms with van der Waals surface area (Å²) in [5, 5.41) is 0. The van der Waals surface area contributed by atoms with E-state index in [1.807, 2.05) is 36.4 Å². The standard InChI is InChI=1S/C18H23NO3/c1-3-5-12-19-16(14-22-18(19)20)17(9-4-2)21-13-15-10-7-6-8-11-15/h3-4,6-8,10-11,16-17H,1-2,5,9,12-14H2/t16-,17?/m0/s1. The zero-order valence-corrected chi connectivity index (χ0v) is 12.8. The first-order valence-corrected chi connectivity index (χ1v) is 7.57. The number of ether oxygens (including phenoxy) is 2. The lowest BCUT2D eigenvalue weighted by Crippen LogP contribution is -2.43. The highest BCUT2D eigenvalue weighted by Gasteiger charge is 2.37. The van der Waals surface area contributed by atoms with Gasteiger partial charge in [0, 0.05) is 6.54 Å². The number of carbonyl (C=O) groups excluding carboxylic acids is 1. The van der Waals surface area contributed by atoms with Crippen LogP contribution in [0.3, 0.4) is 0 Å². The molecule has 1 aromatic rings. The second-order valence-corrected chi connectivity index (χ2v) is 5.27. The number of hydrogen-bond acceptors (Lipinski definition) is 3. The van der Waals surface area contributed by atoms with Crippen LogP contribution in [-0.4, -0.2) is 36.3 Å². The smallest absolute Gasteiger partial charge is 0.410 e. The van der Waals surface area contributed by atoms with E-state index in [0.29, 0.717) is 26.2 Å². The quantitative estimate of drug-likeness (QED) is 0.655. The van der Waals surface area contributed by atoms with Crippen LogP contribution in [0.4, 0.5) is 4.79 Å². The maximum absolute atomic E-state index is 11.9. The minimum absolute atomic E-state index is 0.0748. The predicted molar refractivity (Wildman–Crippen MR) is 86.5 cm³/mol. The minimum atomic E-state index is -0.274. The lowest BCUT2D eigenvalue weighted by molar-refractivity contribution is -0.00267. The molecule has 2 atom stereocenters. The molecule has 1 amide bonds. The Hall–Kier alpha value is -2.07. The van der Waals surface area contributed by atoms with Crippen molar-refractivity contribution >= 4 is 6.09 Å². The summed E-state index contributed by atoms with van der Waals surface area (Å²) >= 11 is 0. The molecule has 0 aliphatic carbocycles. The molecule has 0 spiro atoms. The lowest BCUT2D eigenvalue weighted by atomic mass is 10.1. The molecule has 0 bridgehead atoms. The Morgan fingerprint density at radius 3 is 2.77 bits per heavy atom. The molecule has 0 aromatic heterocycles. The Bertz CT molecular complexity index is 500. The van der Waals surface area contributed by atoms with Gasteiger partial charge in [0.15, 0.2) is 0 Å². The topological polar surface area (TPSA) is 38.8 Å². The number of carbonyl (C=O) groups is 1. The van der Waals surface area contributed by atoms with Gasteiger partial charge in [-0.2, -0.15) is 0 Å². The van der Waals surface area contributed by atoms with Crippen molar-refractivity contribution in [2.45, 2.75) is 31.6 Å². The Morgan fingerprint density at radius 1 is 1.32 bits per heavy atom. The zero-order chi connectivity index (χ0) is 15.8. The Morgan fingerprint density at radius 2 is 2.09 bits per heavy atom. The summed E-state index contributed by atoms with van der Waals surface area (Å²) in [6, 6.07) is 9.92. The fourth-order valence-electron chi connectivity index (χ4n) is 2.54. The Kier molecular flexibility index (Phi) is 6.22. The summed E-state index contributed by atoms with van der Waals surface area (Å²) in [6.07, 6.45) is 4.66. The van der Waals surface area contributed by atoms with E-state index in [2.05, 4.69) is 13.2 Å². The van der Waals surface area contributed by atoms with Gasteiger partial charge >= 0.3 is 6.09 Å². The van der Waals surface area contributed by atoms with Gasteiger partial charge in [0.25, 0.3) is 0 Å². The van der Waals surface area contributed by atoms with Crippen LogP contribution in [0.1, 0.15) is 18.4 Å². The van der Waals surface area contributed by atoms with Gasteiger partial charge in [-0.15, -0.1) is 13.2 Å². The molecule has 1 heterocycles. The average molecular weight is 301 g/mol. The van der Waals surface area contributed by atoms with E-state index >= 15 is 0 Å². The molecule has 22 heavy (non-hydrogen) atoms. The van der Waals surface area contributed by atoms with Crippen molar-refractivity contribution in [1.29, 1.82) is 0 Å². The van der Waals surface area contributed by atoms with Gasteiger partial charge in [-0.1, -0.05) is 42.5 Å². The number of nitrogens with zero attached hydrogens (tertiary/aromatic N) is 1. The normalized spacial score (nSPS) is 18.8. The van der Waals surface area contributed by atoms with Gasteiger partial charge in [-0.25, -0.2) is 4.79 Å². The van der Waals surface area contributed by atoms with E-state index in [9.17, 15) is 4.79 Å². The molecular formula is C18H23NO3. The maximum atomic E-state index is 11.9. The van der Waals surface area contributed by atoms with Gasteiger partial charge < -0.3 is 9.47 Å². The number of rotatable bonds is 9. The molecule has 0 N–H and O–H groups in total. The first kappa shape index (κ1) is 16.3. The van der Waals surface area contributed by atoms with Gasteiger partial charge in [-0.3, -0.25) is 4.90 Å². The summed E-state index contributed by atoms with van der Waals surface area (Å²) in [5.41, 5.74) is 1.11. The van der Waals surface area contributed by atoms with Crippen molar-refractivity contribution in [1.82, 2.24) is 4.90 Å².